The third-order valence-electron chi connectivity index (χ3n) is 3.17. The van der Waals surface area contributed by atoms with E-state index in [1.807, 2.05) is 6.92 Å². The zero-order valence-electron chi connectivity index (χ0n) is 12.3. The van der Waals surface area contributed by atoms with Gasteiger partial charge in [0.15, 0.2) is 0 Å². The molecule has 7 heteroatoms. The van der Waals surface area contributed by atoms with Gasteiger partial charge < -0.3 is 21.5 Å². The molecule has 0 fully saturated rings. The third kappa shape index (κ3) is 6.51. The van der Waals surface area contributed by atoms with Crippen LogP contribution in [0, 0.1) is 5.92 Å². The Balaban J connectivity index is 4.35. The van der Waals surface area contributed by atoms with Crippen molar-refractivity contribution in [3.8, 4) is 0 Å². The largest absolute Gasteiger partial charge is 0.480 e. The van der Waals surface area contributed by atoms with Crippen molar-refractivity contribution < 1.29 is 19.5 Å². The molecule has 0 saturated heterocycles. The van der Waals surface area contributed by atoms with Gasteiger partial charge in [-0.15, -0.1) is 0 Å². The third-order valence-corrected chi connectivity index (χ3v) is 3.17. The van der Waals surface area contributed by atoms with Crippen molar-refractivity contribution in [2.24, 2.45) is 11.7 Å². The van der Waals surface area contributed by atoms with Crippen LogP contribution in [0.15, 0.2) is 0 Å². The molecule has 0 unspecified atom stereocenters. The summed E-state index contributed by atoms with van der Waals surface area (Å²) >= 11 is 0. The molecule has 2 amide bonds. The molecule has 0 heterocycles. The Labute approximate surface area is 119 Å². The fourth-order valence-corrected chi connectivity index (χ4v) is 1.65. The summed E-state index contributed by atoms with van der Waals surface area (Å²) in [5.74, 6) is -1.98. The number of carboxylic acid groups (broad SMARTS) is 1. The number of carbonyl (C=O) groups excluding carboxylic acids is 2. The smallest absolute Gasteiger partial charge is 0.326 e. The normalized spacial score (nSPS) is 15.0. The molecule has 20 heavy (non-hydrogen) atoms. The molecule has 0 aliphatic carbocycles. The van der Waals surface area contributed by atoms with Gasteiger partial charge in [0.1, 0.15) is 6.04 Å². The van der Waals surface area contributed by atoms with Crippen LogP contribution in [0.25, 0.3) is 0 Å². The molecule has 5 N–H and O–H groups in total. The first kappa shape index (κ1) is 18.4. The molecule has 7 nitrogen and oxygen atoms in total. The summed E-state index contributed by atoms with van der Waals surface area (Å²) in [5.41, 5.74) is 5.67. The summed E-state index contributed by atoms with van der Waals surface area (Å²) in [6.07, 6.45) is 0.958. The molecule has 0 aromatic carbocycles. The maximum absolute atomic E-state index is 11.8. The average molecular weight is 287 g/mol. The summed E-state index contributed by atoms with van der Waals surface area (Å²) in [7, 11) is 0. The van der Waals surface area contributed by atoms with E-state index in [1.165, 1.54) is 0 Å². The minimum absolute atomic E-state index is 0.142. The van der Waals surface area contributed by atoms with Gasteiger partial charge in [-0.1, -0.05) is 20.3 Å². The molecule has 0 aromatic rings. The van der Waals surface area contributed by atoms with Crippen LogP contribution in [0.4, 0.5) is 0 Å². The maximum atomic E-state index is 11.8. The van der Waals surface area contributed by atoms with Gasteiger partial charge in [-0.25, -0.2) is 4.79 Å². The van der Waals surface area contributed by atoms with E-state index in [1.54, 1.807) is 13.8 Å². The van der Waals surface area contributed by atoms with Crippen LogP contribution < -0.4 is 16.4 Å². The van der Waals surface area contributed by atoms with E-state index in [0.717, 1.165) is 0 Å². The van der Waals surface area contributed by atoms with Crippen molar-refractivity contribution in [2.75, 3.05) is 6.54 Å². The first-order valence-corrected chi connectivity index (χ1v) is 6.88. The van der Waals surface area contributed by atoms with E-state index in [-0.39, 0.29) is 24.7 Å². The highest BCUT2D eigenvalue weighted by Crippen LogP contribution is 2.08. The Hall–Kier alpha value is -1.63. The van der Waals surface area contributed by atoms with Crippen molar-refractivity contribution in [1.82, 2.24) is 10.6 Å². The van der Waals surface area contributed by atoms with E-state index in [4.69, 9.17) is 10.8 Å². The zero-order valence-corrected chi connectivity index (χ0v) is 12.3. The summed E-state index contributed by atoms with van der Waals surface area (Å²) in [4.78, 5) is 34.2. The molecule has 0 bridgehead atoms. The number of rotatable bonds is 9. The van der Waals surface area contributed by atoms with Gasteiger partial charge in [0, 0.05) is 13.0 Å². The number of aliphatic carboxylic acids is 1. The zero-order chi connectivity index (χ0) is 15.7. The molecule has 0 saturated carbocycles. The summed E-state index contributed by atoms with van der Waals surface area (Å²) in [5, 5.41) is 14.1. The van der Waals surface area contributed by atoms with Crippen LogP contribution in [-0.2, 0) is 14.4 Å². The van der Waals surface area contributed by atoms with E-state index >= 15 is 0 Å². The summed E-state index contributed by atoms with van der Waals surface area (Å²) in [6, 6.07) is -1.84. The minimum atomic E-state index is -1.08. The molecule has 0 spiro atoms. The first-order chi connectivity index (χ1) is 9.33. The minimum Gasteiger partial charge on any atom is -0.480 e. The SMILES string of the molecule is CCNC(=O)CC[C@H](N)C(=O)N[C@H](C(=O)O)[C@@H](C)CC. The van der Waals surface area contributed by atoms with Gasteiger partial charge >= 0.3 is 5.97 Å². The first-order valence-electron chi connectivity index (χ1n) is 6.88. The topological polar surface area (TPSA) is 122 Å². The lowest BCUT2D eigenvalue weighted by Gasteiger charge is -2.22. The van der Waals surface area contributed by atoms with Crippen LogP contribution >= 0.6 is 0 Å². The highest BCUT2D eigenvalue weighted by molar-refractivity contribution is 5.87. The van der Waals surface area contributed by atoms with Gasteiger partial charge in [-0.2, -0.15) is 0 Å². The monoisotopic (exact) mass is 287 g/mol. The van der Waals surface area contributed by atoms with Gasteiger partial charge in [0.2, 0.25) is 11.8 Å². The van der Waals surface area contributed by atoms with Crippen LogP contribution in [0.1, 0.15) is 40.0 Å². The number of hydrogen-bond donors (Lipinski definition) is 4. The Kier molecular flexibility index (Phi) is 8.54. The Morgan fingerprint density at radius 3 is 2.30 bits per heavy atom. The highest BCUT2D eigenvalue weighted by Gasteiger charge is 2.27. The molecular formula is C13H25N3O4. The number of carbonyl (C=O) groups is 3. The number of hydrogen-bond acceptors (Lipinski definition) is 4. The number of nitrogens with one attached hydrogen (secondary N) is 2. The van der Waals surface area contributed by atoms with Crippen molar-refractivity contribution in [2.45, 2.75) is 52.1 Å². The maximum Gasteiger partial charge on any atom is 0.326 e. The number of carboxylic acids is 1. The van der Waals surface area contributed by atoms with E-state index in [0.29, 0.717) is 13.0 Å². The van der Waals surface area contributed by atoms with Gasteiger partial charge in [-0.05, 0) is 19.3 Å². The second-order valence-electron chi connectivity index (χ2n) is 4.81. The number of amides is 2. The van der Waals surface area contributed by atoms with Crippen LogP contribution in [0.3, 0.4) is 0 Å². The molecular weight excluding hydrogens is 262 g/mol. The lowest BCUT2D eigenvalue weighted by atomic mass is 9.98. The Morgan fingerprint density at radius 1 is 1.25 bits per heavy atom. The van der Waals surface area contributed by atoms with Gasteiger partial charge in [0.25, 0.3) is 0 Å². The van der Waals surface area contributed by atoms with E-state index < -0.39 is 24.0 Å². The standard InChI is InChI=1S/C13H25N3O4/c1-4-8(3)11(13(19)20)16-12(18)9(14)6-7-10(17)15-5-2/h8-9,11H,4-7,14H2,1-3H3,(H,15,17)(H,16,18)(H,19,20)/t8-,9-,11-/m0/s1. The lowest BCUT2D eigenvalue weighted by molar-refractivity contribution is -0.143. The fourth-order valence-electron chi connectivity index (χ4n) is 1.65. The van der Waals surface area contributed by atoms with E-state index in [9.17, 15) is 14.4 Å². The quantitative estimate of drug-likeness (QED) is 0.469. The number of nitrogens with two attached hydrogens (primary N) is 1. The molecule has 0 aliphatic rings. The predicted octanol–water partition coefficient (Wildman–Crippen LogP) is -0.154. The molecule has 0 aromatic heterocycles. The van der Waals surface area contributed by atoms with Crippen LogP contribution in [0.5, 0.6) is 0 Å². The van der Waals surface area contributed by atoms with Crippen molar-refractivity contribution in [3.05, 3.63) is 0 Å². The summed E-state index contributed by atoms with van der Waals surface area (Å²) in [6.45, 7) is 5.92. The van der Waals surface area contributed by atoms with Crippen molar-refractivity contribution >= 4 is 17.8 Å². The molecule has 116 valence electrons. The van der Waals surface area contributed by atoms with Crippen LogP contribution in [0.2, 0.25) is 0 Å². The fraction of sp³-hybridized carbons (Fsp3) is 0.769. The predicted molar refractivity (Wildman–Crippen MR) is 74.9 cm³/mol. The van der Waals surface area contributed by atoms with Crippen LogP contribution in [-0.4, -0.2) is 41.5 Å². The molecule has 0 radical (unpaired) electrons. The second kappa shape index (κ2) is 9.30. The second-order valence-corrected chi connectivity index (χ2v) is 4.81. The average Bonchev–Trinajstić information content (AvgIpc) is 2.40. The lowest BCUT2D eigenvalue weighted by Crippen LogP contribution is -2.51. The van der Waals surface area contributed by atoms with Crippen molar-refractivity contribution in [3.63, 3.8) is 0 Å². The molecule has 0 aliphatic heterocycles. The van der Waals surface area contributed by atoms with E-state index in [2.05, 4.69) is 10.6 Å². The van der Waals surface area contributed by atoms with Crippen molar-refractivity contribution in [1.29, 1.82) is 0 Å². The highest BCUT2D eigenvalue weighted by atomic mass is 16.4. The summed E-state index contributed by atoms with van der Waals surface area (Å²) < 4.78 is 0. The Morgan fingerprint density at radius 2 is 1.85 bits per heavy atom. The van der Waals surface area contributed by atoms with Gasteiger partial charge in [0.05, 0.1) is 6.04 Å². The molecule has 0 rings (SSSR count). The molecule has 3 atom stereocenters. The Bertz CT molecular complexity index is 347. The van der Waals surface area contributed by atoms with Gasteiger partial charge in [-0.3, -0.25) is 9.59 Å².